The lowest BCUT2D eigenvalue weighted by Crippen LogP contribution is -2.12. The number of benzene rings is 1. The van der Waals surface area contributed by atoms with Gasteiger partial charge in [0.2, 0.25) is 0 Å². The topological polar surface area (TPSA) is 53.2 Å². The van der Waals surface area contributed by atoms with E-state index in [-0.39, 0.29) is 0 Å². The Labute approximate surface area is 100 Å². The van der Waals surface area contributed by atoms with Crippen molar-refractivity contribution >= 4 is 11.6 Å². The fourth-order valence-corrected chi connectivity index (χ4v) is 1.46. The van der Waals surface area contributed by atoms with Gasteiger partial charge < -0.3 is 9.84 Å². The number of nitriles is 1. The number of ether oxygens (including phenoxy) is 1. The minimum absolute atomic E-state index is 0.409. The summed E-state index contributed by atoms with van der Waals surface area (Å²) in [7, 11) is 0. The molecular formula is C12H14ClNO2. The average molecular weight is 240 g/mol. The molecule has 3 nitrogen and oxygen atoms in total. The smallest absolute Gasteiger partial charge is 0.184 e. The summed E-state index contributed by atoms with van der Waals surface area (Å²) in [6.07, 6.45) is -0.454. The molecule has 0 fully saturated rings. The predicted molar refractivity (Wildman–Crippen MR) is 62.4 cm³/mol. The molecule has 4 heteroatoms. The van der Waals surface area contributed by atoms with Gasteiger partial charge in [-0.05, 0) is 31.0 Å². The second-order valence-electron chi connectivity index (χ2n) is 3.51. The maximum atomic E-state index is 9.36. The predicted octanol–water partition coefficient (Wildman–Crippen LogP) is 3.07. The van der Waals surface area contributed by atoms with Crippen LogP contribution in [0.1, 0.15) is 31.9 Å². The summed E-state index contributed by atoms with van der Waals surface area (Å²) in [5.74, 6) is 0.472. The Balaban J connectivity index is 2.87. The van der Waals surface area contributed by atoms with Gasteiger partial charge >= 0.3 is 0 Å². The van der Waals surface area contributed by atoms with Gasteiger partial charge in [-0.25, -0.2) is 0 Å². The Morgan fingerprint density at radius 1 is 1.56 bits per heavy atom. The molecule has 0 bridgehead atoms. The van der Waals surface area contributed by atoms with Crippen molar-refractivity contribution in [3.05, 3.63) is 28.8 Å². The van der Waals surface area contributed by atoms with Gasteiger partial charge in [0.05, 0.1) is 11.1 Å². The summed E-state index contributed by atoms with van der Waals surface area (Å²) in [6, 6.07) is 7.08. The quantitative estimate of drug-likeness (QED) is 0.879. The van der Waals surface area contributed by atoms with E-state index < -0.39 is 12.2 Å². The van der Waals surface area contributed by atoms with Crippen LogP contribution in [0.15, 0.2) is 18.2 Å². The summed E-state index contributed by atoms with van der Waals surface area (Å²) >= 11 is 5.99. The Morgan fingerprint density at radius 2 is 2.25 bits per heavy atom. The normalized spacial score (nSPS) is 13.9. The van der Waals surface area contributed by atoms with Crippen molar-refractivity contribution in [1.29, 1.82) is 5.26 Å². The summed E-state index contributed by atoms with van der Waals surface area (Å²) < 4.78 is 5.40. The van der Waals surface area contributed by atoms with E-state index in [1.54, 1.807) is 25.1 Å². The van der Waals surface area contributed by atoms with Gasteiger partial charge in [0.15, 0.2) is 6.10 Å². The molecule has 0 aliphatic carbocycles. The van der Waals surface area contributed by atoms with E-state index >= 15 is 0 Å². The van der Waals surface area contributed by atoms with Crippen molar-refractivity contribution in [2.45, 2.75) is 32.5 Å². The number of hydrogen-bond donors (Lipinski definition) is 1. The molecule has 0 saturated heterocycles. The first kappa shape index (κ1) is 12.8. The zero-order valence-electron chi connectivity index (χ0n) is 9.27. The molecule has 16 heavy (non-hydrogen) atoms. The molecule has 0 radical (unpaired) electrons. The highest BCUT2D eigenvalue weighted by molar-refractivity contribution is 6.32. The third-order valence-electron chi connectivity index (χ3n) is 2.22. The van der Waals surface area contributed by atoms with Crippen LogP contribution in [0.25, 0.3) is 0 Å². The van der Waals surface area contributed by atoms with Crippen molar-refractivity contribution < 1.29 is 9.84 Å². The third-order valence-corrected chi connectivity index (χ3v) is 2.52. The monoisotopic (exact) mass is 239 g/mol. The second kappa shape index (κ2) is 5.74. The molecule has 1 aromatic rings. The highest BCUT2D eigenvalue weighted by Crippen LogP contribution is 2.28. The highest BCUT2D eigenvalue weighted by Gasteiger charge is 2.11. The largest absolute Gasteiger partial charge is 0.474 e. The Bertz CT molecular complexity index is 398. The Morgan fingerprint density at radius 3 is 2.69 bits per heavy atom. The molecule has 1 N–H and O–H groups in total. The summed E-state index contributed by atoms with van der Waals surface area (Å²) in [5.41, 5.74) is 0.724. The number of nitrogens with zero attached hydrogens (tertiary/aromatic N) is 1. The molecule has 1 unspecified atom stereocenters. The van der Waals surface area contributed by atoms with Crippen LogP contribution >= 0.6 is 11.6 Å². The molecule has 0 aromatic heterocycles. The molecular weight excluding hydrogens is 226 g/mol. The first-order valence-electron chi connectivity index (χ1n) is 5.12. The van der Waals surface area contributed by atoms with Crippen molar-refractivity contribution in [3.8, 4) is 11.8 Å². The van der Waals surface area contributed by atoms with Crippen LogP contribution in [0.5, 0.6) is 5.75 Å². The molecule has 86 valence electrons. The lowest BCUT2D eigenvalue weighted by Gasteiger charge is -2.13. The van der Waals surface area contributed by atoms with Crippen LogP contribution in [-0.4, -0.2) is 11.2 Å². The van der Waals surface area contributed by atoms with Crippen molar-refractivity contribution in [3.63, 3.8) is 0 Å². The van der Waals surface area contributed by atoms with Crippen LogP contribution < -0.4 is 4.74 Å². The lowest BCUT2D eigenvalue weighted by molar-refractivity contribution is 0.199. The zero-order valence-corrected chi connectivity index (χ0v) is 10.0. The maximum Gasteiger partial charge on any atom is 0.184 e. The van der Waals surface area contributed by atoms with Crippen molar-refractivity contribution in [2.24, 2.45) is 0 Å². The molecule has 1 rings (SSSR count). The van der Waals surface area contributed by atoms with E-state index in [0.29, 0.717) is 17.2 Å². The number of rotatable bonds is 4. The zero-order chi connectivity index (χ0) is 12.1. The molecule has 1 aromatic carbocycles. The fourth-order valence-electron chi connectivity index (χ4n) is 1.23. The number of hydrogen-bond acceptors (Lipinski definition) is 3. The van der Waals surface area contributed by atoms with E-state index in [0.717, 1.165) is 5.56 Å². The molecule has 0 saturated carbocycles. The third kappa shape index (κ3) is 3.13. The molecule has 0 aliphatic heterocycles. The Kier molecular flexibility index (Phi) is 4.60. The minimum atomic E-state index is -0.565. The van der Waals surface area contributed by atoms with Crippen LogP contribution in [0.2, 0.25) is 5.02 Å². The average Bonchev–Trinajstić information content (AvgIpc) is 2.27. The SMILES string of the molecule is CCC(C#N)Oc1ccc([C@@H](C)O)cc1Cl. The van der Waals surface area contributed by atoms with Gasteiger partial charge in [-0.15, -0.1) is 0 Å². The standard InChI is InChI=1S/C12H14ClNO2/c1-3-10(7-14)16-12-5-4-9(8(2)15)6-11(12)13/h4-6,8,10,15H,3H2,1-2H3/t8-,10?/m1/s1. The summed E-state index contributed by atoms with van der Waals surface area (Å²) in [6.45, 7) is 3.53. The van der Waals surface area contributed by atoms with Crippen molar-refractivity contribution in [1.82, 2.24) is 0 Å². The van der Waals surface area contributed by atoms with Gasteiger partial charge in [-0.1, -0.05) is 24.6 Å². The summed E-state index contributed by atoms with van der Waals surface area (Å²) in [4.78, 5) is 0. The van der Waals surface area contributed by atoms with Crippen LogP contribution in [0, 0.1) is 11.3 Å². The lowest BCUT2D eigenvalue weighted by atomic mass is 10.1. The van der Waals surface area contributed by atoms with Gasteiger partial charge in [0, 0.05) is 0 Å². The molecule has 0 spiro atoms. The van der Waals surface area contributed by atoms with Crippen molar-refractivity contribution in [2.75, 3.05) is 0 Å². The number of aliphatic hydroxyl groups is 1. The maximum absolute atomic E-state index is 9.36. The molecule has 0 amide bonds. The molecule has 0 heterocycles. The van der Waals surface area contributed by atoms with E-state index in [2.05, 4.69) is 0 Å². The van der Waals surface area contributed by atoms with Gasteiger partial charge in [0.1, 0.15) is 11.8 Å². The van der Waals surface area contributed by atoms with Crippen LogP contribution in [0.4, 0.5) is 0 Å². The number of halogens is 1. The van der Waals surface area contributed by atoms with Crippen LogP contribution in [-0.2, 0) is 0 Å². The Hall–Kier alpha value is -1.24. The first-order valence-corrected chi connectivity index (χ1v) is 5.50. The minimum Gasteiger partial charge on any atom is -0.474 e. The summed E-state index contributed by atoms with van der Waals surface area (Å²) in [5, 5.41) is 18.5. The molecule has 2 atom stereocenters. The van der Waals surface area contributed by atoms with Gasteiger partial charge in [-0.2, -0.15) is 5.26 Å². The van der Waals surface area contributed by atoms with Crippen LogP contribution in [0.3, 0.4) is 0 Å². The molecule has 0 aliphatic rings. The van der Waals surface area contributed by atoms with Gasteiger partial charge in [0.25, 0.3) is 0 Å². The van der Waals surface area contributed by atoms with E-state index in [4.69, 9.17) is 21.6 Å². The second-order valence-corrected chi connectivity index (χ2v) is 3.92. The van der Waals surface area contributed by atoms with E-state index in [1.165, 1.54) is 0 Å². The first-order chi connectivity index (χ1) is 7.58. The fraction of sp³-hybridized carbons (Fsp3) is 0.417. The van der Waals surface area contributed by atoms with Gasteiger partial charge in [-0.3, -0.25) is 0 Å². The number of aliphatic hydroxyl groups excluding tert-OH is 1. The van der Waals surface area contributed by atoms with E-state index in [1.807, 2.05) is 13.0 Å². The van der Waals surface area contributed by atoms with E-state index in [9.17, 15) is 5.11 Å². The highest BCUT2D eigenvalue weighted by atomic mass is 35.5.